The molecule has 0 atom stereocenters. The number of carbonyl (C=O) groups excluding carboxylic acids is 6. The average molecular weight is 1140 g/mol. The summed E-state index contributed by atoms with van der Waals surface area (Å²) in [5, 5.41) is 0. The summed E-state index contributed by atoms with van der Waals surface area (Å²) in [7, 11) is 0. The van der Waals surface area contributed by atoms with Crippen LogP contribution in [0, 0.1) is 0 Å². The van der Waals surface area contributed by atoms with Gasteiger partial charge in [-0.25, -0.2) is 48.7 Å². The first-order valence-electron chi connectivity index (χ1n) is 22.2. The molecule has 20 nitrogen and oxygen atoms in total. The van der Waals surface area contributed by atoms with Crippen molar-refractivity contribution in [2.24, 2.45) is 0 Å². The van der Waals surface area contributed by atoms with Crippen LogP contribution >= 0.6 is 0 Å². The first kappa shape index (κ1) is 55.5. The molecule has 0 saturated heterocycles. The first-order valence-corrected chi connectivity index (χ1v) is 22.2. The molecule has 5 aromatic rings. The molecule has 0 spiro atoms. The van der Waals surface area contributed by atoms with Crippen LogP contribution in [0.3, 0.4) is 0 Å². The molecule has 9 rings (SSSR count). The predicted octanol–water partition coefficient (Wildman–Crippen LogP) is 9.06. The maximum atomic E-state index is 13.8. The fourth-order valence-corrected chi connectivity index (χ4v) is 7.99. The van der Waals surface area contributed by atoms with Crippen LogP contribution in [0.2, 0.25) is 0 Å². The molecule has 78 heavy (non-hydrogen) atoms. The zero-order valence-electron chi connectivity index (χ0n) is 40.0. The van der Waals surface area contributed by atoms with Gasteiger partial charge in [-0.15, -0.1) is 22.1 Å². The third-order valence-electron chi connectivity index (χ3n) is 11.1. The molecule has 0 saturated carbocycles. The molecule has 4 aliphatic heterocycles. The van der Waals surface area contributed by atoms with Crippen molar-refractivity contribution in [3.63, 3.8) is 0 Å². The van der Waals surface area contributed by atoms with Gasteiger partial charge >= 0.3 is 70.0 Å². The van der Waals surface area contributed by atoms with E-state index in [2.05, 4.69) is 79.3 Å². The van der Waals surface area contributed by atoms with E-state index in [1.54, 1.807) is 24.3 Å². The summed E-state index contributed by atoms with van der Waals surface area (Å²) in [6.45, 7) is 21.0. The molecule has 16 bridgehead atoms. The Balaban J connectivity index is 0.00000441. The van der Waals surface area contributed by atoms with Gasteiger partial charge in [0.05, 0.1) is 105 Å². The molecule has 0 unspecified atom stereocenters. The van der Waals surface area contributed by atoms with Crippen molar-refractivity contribution in [1.82, 2.24) is 39.9 Å². The van der Waals surface area contributed by atoms with Crippen molar-refractivity contribution in [3.05, 3.63) is 205 Å². The number of fused-ring (bicyclic) bond motifs is 18. The summed E-state index contributed by atoms with van der Waals surface area (Å²) in [4.78, 5) is 120. The van der Waals surface area contributed by atoms with Crippen LogP contribution in [-0.2, 0) is 62.6 Å². The molecule has 9 heterocycles. The topological polar surface area (TPSA) is 266 Å². The Morgan fingerprint density at radius 2 is 0.436 bits per heavy atom. The smallest absolute Gasteiger partial charge is 0.658 e. The first-order chi connectivity index (χ1) is 36.9. The zero-order chi connectivity index (χ0) is 53.6. The summed E-state index contributed by atoms with van der Waals surface area (Å²) in [6, 6.07) is 12.2. The van der Waals surface area contributed by atoms with Crippen molar-refractivity contribution in [2.45, 2.75) is 0 Å². The standard InChI is InChI=1S/C56H37N8O12.2Cu/c1-7-71-51(65)45-33-17-13-29(57-33)30-14-18-34(58-30)46(52(66)72-8-2)39-23-27-43(63-39)50(56(70)76-12-6)44-28-24-40(64-44)48(54(68)74-10-4)36-20-16-32(60-36)31-15-19-35(59-31)47(53(67)73-9-3)38-22-26-42(62-38)49(55(69)75-11-5)41-25-21-37(45)61-41;;/h7-28H,1-6H2,(H3-,57,58,59,60,61,62,63,64,65,66,67,68,69,70);;/q-1;2*+2/p-3. The summed E-state index contributed by atoms with van der Waals surface area (Å²) < 4.78 is 31.3. The SMILES string of the molecule is C=COC(=O)c1c2nc(c(C(=O)OC=C)c3ccc([n-]3)c3ccc([n-]3)c(C(=O)OC=C)c3nc(c(C(=O)OC=C)c4nc(c(C(=O)OC=C)c5ccc([n-]5)c5ccc([n-]5)c(C(=O)OC=C)c5nc1C=C5)C=C4)C=C3)C=C2.[Cu+2].[Cu+2]. The van der Waals surface area contributed by atoms with Gasteiger partial charge in [-0.05, 0) is 48.6 Å². The third kappa shape index (κ3) is 10.8. The van der Waals surface area contributed by atoms with Crippen molar-refractivity contribution in [1.29, 1.82) is 0 Å². The summed E-state index contributed by atoms with van der Waals surface area (Å²) in [6.07, 6.45) is 17.0. The van der Waals surface area contributed by atoms with Crippen molar-refractivity contribution in [3.8, 4) is 0 Å². The van der Waals surface area contributed by atoms with Gasteiger partial charge in [0.1, 0.15) is 11.1 Å². The Morgan fingerprint density at radius 3 is 0.615 bits per heavy atom. The molecule has 392 valence electrons. The average Bonchev–Trinajstić information content (AvgIpc) is 4.30. The second-order valence-electron chi connectivity index (χ2n) is 15.4. The van der Waals surface area contributed by atoms with Gasteiger partial charge in [0, 0.05) is 0 Å². The third-order valence-corrected chi connectivity index (χ3v) is 11.1. The molecule has 0 amide bonds. The number of hydrogen-bond donors (Lipinski definition) is 0. The van der Waals surface area contributed by atoms with Crippen molar-refractivity contribution >= 4 is 129 Å². The van der Waals surface area contributed by atoms with E-state index < -0.39 is 35.8 Å². The second-order valence-corrected chi connectivity index (χ2v) is 15.4. The van der Waals surface area contributed by atoms with Gasteiger partial charge < -0.3 is 48.4 Å². The second kappa shape index (κ2) is 24.0. The number of hydrogen-bond acceptors (Lipinski definition) is 16. The number of aromatic nitrogens is 8. The molecule has 0 N–H and O–H groups in total. The fraction of sp³-hybridized carbons (Fsp3) is 0. The molecule has 0 fully saturated rings. The van der Waals surface area contributed by atoms with E-state index in [0.717, 1.165) is 37.6 Å². The van der Waals surface area contributed by atoms with Gasteiger partial charge in [0.2, 0.25) is 0 Å². The van der Waals surface area contributed by atoms with Gasteiger partial charge in [-0.2, -0.15) is 22.1 Å². The van der Waals surface area contributed by atoms with E-state index in [-0.39, 0.29) is 157 Å². The number of rotatable bonds is 12. The van der Waals surface area contributed by atoms with Crippen LogP contribution < -0.4 is 19.9 Å². The maximum absolute atomic E-state index is 13.8. The Kier molecular flexibility index (Phi) is 17.1. The number of nitrogens with zero attached hydrogens (tertiary/aromatic N) is 8. The summed E-state index contributed by atoms with van der Waals surface area (Å²) in [5.41, 5.74) is 0.0863. The van der Waals surface area contributed by atoms with Gasteiger partial charge in [0.25, 0.3) is 0 Å². The molecular formula is C56H34Cu2N8O12. The van der Waals surface area contributed by atoms with E-state index >= 15 is 0 Å². The molecule has 22 heteroatoms. The van der Waals surface area contributed by atoms with E-state index in [0.29, 0.717) is 0 Å². The summed E-state index contributed by atoms with van der Waals surface area (Å²) in [5.74, 6) is -5.56. The van der Waals surface area contributed by atoms with Gasteiger partial charge in [-0.1, -0.05) is 88.0 Å². The minimum Gasteiger partial charge on any atom is -0.658 e. The molecular weight excluding hydrogens is 1100 g/mol. The Hall–Kier alpha value is -10.2. The van der Waals surface area contributed by atoms with Crippen LogP contribution in [0.1, 0.15) is 108 Å². The number of ether oxygens (including phenoxy) is 6. The zero-order valence-corrected chi connectivity index (χ0v) is 41.9. The Bertz CT molecular complexity index is 3560. The van der Waals surface area contributed by atoms with Crippen molar-refractivity contribution in [2.75, 3.05) is 0 Å². The fourth-order valence-electron chi connectivity index (χ4n) is 7.99. The Labute approximate surface area is 461 Å². The Morgan fingerprint density at radius 1 is 0.282 bits per heavy atom. The largest absolute Gasteiger partial charge is 2.00 e. The molecule has 5 aromatic heterocycles. The van der Waals surface area contributed by atoms with E-state index in [1.807, 2.05) is 0 Å². The van der Waals surface area contributed by atoms with Gasteiger partial charge in [0.15, 0.2) is 0 Å². The minimum absolute atomic E-state index is 0. The number of carbonyl (C=O) groups is 6. The molecule has 0 aromatic carbocycles. The molecule has 2 radical (unpaired) electrons. The van der Waals surface area contributed by atoms with Crippen LogP contribution in [0.4, 0.5) is 0 Å². The van der Waals surface area contributed by atoms with Crippen LogP contribution in [0.15, 0.2) is 126 Å². The van der Waals surface area contributed by atoms with Crippen LogP contribution in [0.5, 0.6) is 0 Å². The molecule has 0 aliphatic carbocycles. The minimum atomic E-state index is -0.948. The quantitative estimate of drug-likeness (QED) is 0.0477. The number of esters is 6. The predicted molar refractivity (Wildman–Crippen MR) is 278 cm³/mol. The van der Waals surface area contributed by atoms with E-state index in [9.17, 15) is 28.8 Å². The van der Waals surface area contributed by atoms with E-state index in [4.69, 9.17) is 28.4 Å². The van der Waals surface area contributed by atoms with Crippen LogP contribution in [0.25, 0.3) is 92.7 Å². The van der Waals surface area contributed by atoms with Crippen molar-refractivity contribution < 1.29 is 91.3 Å². The maximum Gasteiger partial charge on any atom is 2.00 e. The normalized spacial score (nSPS) is 11.3. The van der Waals surface area contributed by atoms with Crippen LogP contribution in [-0.4, -0.2) is 55.8 Å². The monoisotopic (exact) mass is 1140 g/mol. The summed E-state index contributed by atoms with van der Waals surface area (Å²) >= 11 is 0. The molecule has 4 aliphatic rings. The van der Waals surface area contributed by atoms with E-state index in [1.165, 1.54) is 72.9 Å². The van der Waals surface area contributed by atoms with Gasteiger partial charge in [-0.3, -0.25) is 0 Å².